The first-order valence-corrected chi connectivity index (χ1v) is 7.88. The molecule has 0 aliphatic heterocycles. The van der Waals surface area contributed by atoms with Crippen LogP contribution in [0.25, 0.3) is 10.8 Å². The van der Waals surface area contributed by atoms with Crippen LogP contribution in [-0.4, -0.2) is 11.4 Å². The summed E-state index contributed by atoms with van der Waals surface area (Å²) in [7, 11) is 0. The summed E-state index contributed by atoms with van der Waals surface area (Å²) in [5.74, 6) is -0.131. The summed E-state index contributed by atoms with van der Waals surface area (Å²) in [5, 5.41) is 23.1. The number of nitrogens with zero attached hydrogens (tertiary/aromatic N) is 1. The van der Waals surface area contributed by atoms with E-state index in [0.717, 1.165) is 33.7 Å². The summed E-state index contributed by atoms with van der Waals surface area (Å²) in [6.45, 7) is 0. The lowest BCUT2D eigenvalue weighted by Crippen LogP contribution is -1.94. The number of nitriles is 1. The van der Waals surface area contributed by atoms with E-state index in [0.29, 0.717) is 17.6 Å². The van der Waals surface area contributed by atoms with Crippen molar-refractivity contribution >= 4 is 28.8 Å². The van der Waals surface area contributed by atoms with Crippen LogP contribution in [0.1, 0.15) is 21.5 Å². The fourth-order valence-corrected chi connectivity index (χ4v) is 3.20. The van der Waals surface area contributed by atoms with Crippen LogP contribution in [0.2, 0.25) is 0 Å². The maximum Gasteiger partial charge on any atom is 0.153 e. The highest BCUT2D eigenvalue weighted by Crippen LogP contribution is 2.33. The van der Waals surface area contributed by atoms with Gasteiger partial charge in [0.2, 0.25) is 0 Å². The number of hydrogen-bond donors (Lipinski definition) is 1. The van der Waals surface area contributed by atoms with Gasteiger partial charge in [-0.15, -0.1) is 0 Å². The molecule has 0 saturated carbocycles. The Morgan fingerprint density at radius 3 is 2.70 bits per heavy atom. The second-order valence-corrected chi connectivity index (χ2v) is 5.98. The van der Waals surface area contributed by atoms with E-state index >= 15 is 0 Å². The van der Waals surface area contributed by atoms with E-state index in [4.69, 9.17) is 5.26 Å². The smallest absolute Gasteiger partial charge is 0.153 e. The van der Waals surface area contributed by atoms with Crippen molar-refractivity contribution in [3.05, 3.63) is 71.3 Å². The molecule has 4 heteroatoms. The van der Waals surface area contributed by atoms with E-state index in [-0.39, 0.29) is 11.3 Å². The van der Waals surface area contributed by atoms with Gasteiger partial charge in [0.15, 0.2) is 6.29 Å². The van der Waals surface area contributed by atoms with Gasteiger partial charge in [-0.25, -0.2) is 0 Å². The third-order valence-electron chi connectivity index (χ3n) is 3.72. The predicted molar refractivity (Wildman–Crippen MR) is 91.7 cm³/mol. The minimum Gasteiger partial charge on any atom is -0.506 e. The second-order valence-electron chi connectivity index (χ2n) is 5.16. The third kappa shape index (κ3) is 3.05. The number of carbonyl (C=O) groups is 1. The number of thioether (sulfide) groups is 1. The minimum absolute atomic E-state index is 0.131. The summed E-state index contributed by atoms with van der Waals surface area (Å²) in [6, 6.07) is 17.7. The summed E-state index contributed by atoms with van der Waals surface area (Å²) in [6.07, 6.45) is 1.24. The van der Waals surface area contributed by atoms with Crippen molar-refractivity contribution < 1.29 is 9.90 Å². The largest absolute Gasteiger partial charge is 0.506 e. The average Bonchev–Trinajstić information content (AvgIpc) is 2.58. The molecule has 0 heterocycles. The highest BCUT2D eigenvalue weighted by Gasteiger charge is 2.11. The molecule has 3 nitrogen and oxygen atoms in total. The Morgan fingerprint density at radius 1 is 1.13 bits per heavy atom. The number of rotatable bonds is 4. The van der Waals surface area contributed by atoms with Crippen molar-refractivity contribution in [2.45, 2.75) is 11.3 Å². The maximum absolute atomic E-state index is 11.1. The quantitative estimate of drug-likeness (QED) is 0.436. The fraction of sp³-hybridized carbons (Fsp3) is 0.0526. The van der Waals surface area contributed by atoms with E-state index < -0.39 is 0 Å². The zero-order chi connectivity index (χ0) is 16.2. The second kappa shape index (κ2) is 6.55. The molecular weight excluding hydrogens is 306 g/mol. The number of fused-ring (bicyclic) bond motifs is 1. The first-order chi connectivity index (χ1) is 11.2. The molecule has 0 radical (unpaired) electrons. The van der Waals surface area contributed by atoms with E-state index in [2.05, 4.69) is 18.2 Å². The van der Waals surface area contributed by atoms with Crippen LogP contribution in [0.5, 0.6) is 5.75 Å². The topological polar surface area (TPSA) is 61.1 Å². The molecule has 3 rings (SSSR count). The Hall–Kier alpha value is -2.77. The van der Waals surface area contributed by atoms with Crippen LogP contribution >= 0.6 is 11.8 Å². The van der Waals surface area contributed by atoms with Crippen LogP contribution < -0.4 is 0 Å². The van der Waals surface area contributed by atoms with Crippen LogP contribution in [0.3, 0.4) is 0 Å². The Balaban J connectivity index is 2.07. The number of aldehydes is 1. The number of carbonyl (C=O) groups excluding carboxylic acids is 1. The van der Waals surface area contributed by atoms with Gasteiger partial charge >= 0.3 is 0 Å². The van der Waals surface area contributed by atoms with Crippen molar-refractivity contribution in [1.82, 2.24) is 0 Å². The summed E-state index contributed by atoms with van der Waals surface area (Å²) in [4.78, 5) is 11.6. The number of phenols is 1. The molecule has 3 aromatic carbocycles. The molecule has 0 unspecified atom stereocenters. The molecule has 3 aromatic rings. The lowest BCUT2D eigenvalue weighted by molar-refractivity contribution is 0.112. The molecule has 0 aromatic heterocycles. The van der Waals surface area contributed by atoms with Gasteiger partial charge in [0.1, 0.15) is 11.2 Å². The molecule has 0 fully saturated rings. The van der Waals surface area contributed by atoms with Crippen LogP contribution in [0.15, 0.2) is 59.5 Å². The zero-order valence-electron chi connectivity index (χ0n) is 12.2. The number of thiocyanates is 1. The molecule has 0 atom stereocenters. The Morgan fingerprint density at radius 2 is 1.91 bits per heavy atom. The third-order valence-corrected chi connectivity index (χ3v) is 4.34. The van der Waals surface area contributed by atoms with Gasteiger partial charge in [-0.2, -0.15) is 5.26 Å². The molecule has 1 N–H and O–H groups in total. The maximum atomic E-state index is 11.1. The first kappa shape index (κ1) is 15.1. The van der Waals surface area contributed by atoms with Gasteiger partial charge in [0.25, 0.3) is 0 Å². The monoisotopic (exact) mass is 319 g/mol. The van der Waals surface area contributed by atoms with E-state index in [1.807, 2.05) is 29.7 Å². The number of aromatic hydroxyl groups is 1. The van der Waals surface area contributed by atoms with Crippen molar-refractivity contribution in [1.29, 1.82) is 5.26 Å². The van der Waals surface area contributed by atoms with E-state index in [9.17, 15) is 9.90 Å². The molecule has 0 spiro atoms. The Labute approximate surface area is 138 Å². The molecule has 112 valence electrons. The molecule has 0 aliphatic rings. The first-order valence-electron chi connectivity index (χ1n) is 7.06. The highest BCUT2D eigenvalue weighted by molar-refractivity contribution is 8.03. The molecule has 0 saturated heterocycles. The minimum atomic E-state index is -0.131. The zero-order valence-corrected chi connectivity index (χ0v) is 13.0. The van der Waals surface area contributed by atoms with Gasteiger partial charge in [-0.3, -0.25) is 4.79 Å². The molecule has 0 bridgehead atoms. The molecule has 23 heavy (non-hydrogen) atoms. The van der Waals surface area contributed by atoms with Crippen LogP contribution in [0, 0.1) is 10.7 Å². The van der Waals surface area contributed by atoms with Gasteiger partial charge in [0, 0.05) is 0 Å². The van der Waals surface area contributed by atoms with Crippen molar-refractivity contribution in [3.63, 3.8) is 0 Å². The fourth-order valence-electron chi connectivity index (χ4n) is 2.67. The van der Waals surface area contributed by atoms with Crippen LogP contribution in [-0.2, 0) is 6.42 Å². The Bertz CT molecular complexity index is 923. The summed E-state index contributed by atoms with van der Waals surface area (Å²) >= 11 is 0.856. The van der Waals surface area contributed by atoms with Crippen molar-refractivity contribution in [2.24, 2.45) is 0 Å². The Kier molecular flexibility index (Phi) is 4.31. The van der Waals surface area contributed by atoms with Gasteiger partial charge in [-0.1, -0.05) is 42.5 Å². The van der Waals surface area contributed by atoms with Crippen LogP contribution in [0.4, 0.5) is 0 Å². The normalized spacial score (nSPS) is 10.4. The standard InChI is InChI=1S/C19H13NO2S/c20-12-23-18-10-13(9-16(11-21)19(18)22)8-15-6-3-5-14-4-1-2-7-17(14)15/h1-7,9-11,22H,8H2. The molecule has 0 aliphatic carbocycles. The number of benzene rings is 3. The summed E-state index contributed by atoms with van der Waals surface area (Å²) in [5.41, 5.74) is 2.23. The number of phenolic OH excluding ortho intramolecular Hbond substituents is 1. The molecule has 0 amide bonds. The number of hydrogen-bond acceptors (Lipinski definition) is 4. The van der Waals surface area contributed by atoms with E-state index in [1.54, 1.807) is 12.1 Å². The van der Waals surface area contributed by atoms with Gasteiger partial charge in [-0.05, 0) is 52.2 Å². The SMILES string of the molecule is N#CSc1cc(Cc2cccc3ccccc23)cc(C=O)c1O. The lowest BCUT2D eigenvalue weighted by Gasteiger charge is -2.10. The van der Waals surface area contributed by atoms with Gasteiger partial charge in [0.05, 0.1) is 10.5 Å². The van der Waals surface area contributed by atoms with Crippen molar-refractivity contribution in [3.8, 4) is 11.2 Å². The van der Waals surface area contributed by atoms with Gasteiger partial charge < -0.3 is 5.11 Å². The van der Waals surface area contributed by atoms with Crippen molar-refractivity contribution in [2.75, 3.05) is 0 Å². The highest BCUT2D eigenvalue weighted by atomic mass is 32.2. The average molecular weight is 319 g/mol. The lowest BCUT2D eigenvalue weighted by atomic mass is 9.97. The predicted octanol–water partition coefficient (Wildman–Crippen LogP) is 4.52. The molecular formula is C19H13NO2S. The van der Waals surface area contributed by atoms with E-state index in [1.165, 1.54) is 0 Å². The summed E-state index contributed by atoms with van der Waals surface area (Å²) < 4.78 is 0.